The first-order valence-corrected chi connectivity index (χ1v) is 13.7. The molecule has 0 fully saturated rings. The molecule has 0 atom stereocenters. The van der Waals surface area contributed by atoms with Gasteiger partial charge in [0.05, 0.1) is 37.2 Å². The molecule has 0 rings (SSSR count). The number of sulfonamides is 1. The van der Waals surface area contributed by atoms with Gasteiger partial charge in [-0.05, 0) is 19.8 Å². The van der Waals surface area contributed by atoms with E-state index in [1.807, 2.05) is 0 Å². The highest BCUT2D eigenvalue weighted by Gasteiger charge is 2.09. The smallest absolute Gasteiger partial charge is 0.0765 e. The number of hydrogen-bond acceptors (Lipinski definition) is 2. The van der Waals surface area contributed by atoms with Crippen LogP contribution in [-0.2, 0) is 10.0 Å². The highest BCUT2D eigenvalue weighted by atomic mass is 127. The van der Waals surface area contributed by atoms with Gasteiger partial charge < -0.3 is 9.21 Å². The Morgan fingerprint density at radius 1 is 0.655 bits per heavy atom. The van der Waals surface area contributed by atoms with Crippen LogP contribution in [0.15, 0.2) is 0 Å². The van der Waals surface area contributed by atoms with Crippen molar-refractivity contribution < 1.29 is 12.9 Å². The van der Waals surface area contributed by atoms with Gasteiger partial charge in [0.2, 0.25) is 0 Å². The van der Waals surface area contributed by atoms with Crippen LogP contribution in [0.25, 0.3) is 4.72 Å². The van der Waals surface area contributed by atoms with Gasteiger partial charge in [-0.25, -0.2) is 8.42 Å². The Morgan fingerprint density at radius 3 is 1.48 bits per heavy atom. The molecule has 0 radical (unpaired) electrons. The zero-order valence-corrected chi connectivity index (χ0v) is 23.1. The first-order valence-electron chi connectivity index (χ1n) is 12.1. The molecule has 4 nitrogen and oxygen atoms in total. The van der Waals surface area contributed by atoms with Gasteiger partial charge in [-0.1, -0.05) is 90.4 Å². The lowest BCUT2D eigenvalue weighted by Gasteiger charge is -2.29. The summed E-state index contributed by atoms with van der Waals surface area (Å²) < 4.78 is 28.8. The number of unbranched alkanes of at least 4 members (excludes halogenated alkanes) is 13. The Hall–Kier alpha value is 0.600. The molecule has 0 aliphatic heterocycles. The van der Waals surface area contributed by atoms with E-state index in [-0.39, 0.29) is 29.7 Å². The van der Waals surface area contributed by atoms with Crippen molar-refractivity contribution in [3.05, 3.63) is 4.72 Å². The lowest BCUT2D eigenvalue weighted by atomic mass is 10.0. The van der Waals surface area contributed by atoms with Crippen LogP contribution in [0.4, 0.5) is 0 Å². The van der Waals surface area contributed by atoms with Gasteiger partial charge in [-0.3, -0.25) is 0 Å². The van der Waals surface area contributed by atoms with E-state index in [1.165, 1.54) is 70.6 Å². The van der Waals surface area contributed by atoms with E-state index in [9.17, 15) is 8.42 Å². The van der Waals surface area contributed by atoms with Gasteiger partial charge in [0.15, 0.2) is 0 Å². The van der Waals surface area contributed by atoms with Gasteiger partial charge >= 0.3 is 0 Å². The average Bonchev–Trinajstić information content (AvgIpc) is 2.65. The Bertz CT molecular complexity index is 442. The summed E-state index contributed by atoms with van der Waals surface area (Å²) >= 11 is 0. The fourth-order valence-corrected chi connectivity index (χ4v) is 4.51. The van der Waals surface area contributed by atoms with E-state index in [4.69, 9.17) is 0 Å². The number of nitrogens with zero attached hydrogens (tertiary/aromatic N) is 2. The van der Waals surface area contributed by atoms with Crippen LogP contribution in [-0.4, -0.2) is 52.4 Å². The van der Waals surface area contributed by atoms with Crippen molar-refractivity contribution in [2.75, 3.05) is 39.5 Å². The van der Waals surface area contributed by atoms with Crippen LogP contribution in [0.2, 0.25) is 0 Å². The minimum absolute atomic E-state index is 0. The monoisotopic (exact) mass is 546 g/mol. The summed E-state index contributed by atoms with van der Waals surface area (Å²) in [5.41, 5.74) is 0. The molecular weight excluding hydrogens is 495 g/mol. The first-order chi connectivity index (χ1) is 13.3. The van der Waals surface area contributed by atoms with Gasteiger partial charge in [-0.15, -0.1) is 30.5 Å². The molecular formula is C23H51IN2O2S. The van der Waals surface area contributed by atoms with Crippen molar-refractivity contribution in [3.63, 3.8) is 0 Å². The highest BCUT2D eigenvalue weighted by molar-refractivity contribution is 14.0. The average molecular weight is 547 g/mol. The summed E-state index contributed by atoms with van der Waals surface area (Å²) in [4.78, 5) is 0. The third kappa shape index (κ3) is 23.1. The summed E-state index contributed by atoms with van der Waals surface area (Å²) in [5, 5.41) is 0. The molecule has 0 bridgehead atoms. The molecule has 0 unspecified atom stereocenters. The maximum absolute atomic E-state index is 12.0. The lowest BCUT2D eigenvalue weighted by Crippen LogP contribution is -2.40. The van der Waals surface area contributed by atoms with Crippen molar-refractivity contribution in [2.45, 2.75) is 110 Å². The highest BCUT2D eigenvalue weighted by Crippen LogP contribution is 2.14. The quantitative estimate of drug-likeness (QED) is 0.0863. The Morgan fingerprint density at radius 2 is 1.07 bits per heavy atom. The molecule has 29 heavy (non-hydrogen) atoms. The summed E-state index contributed by atoms with van der Waals surface area (Å²) in [5.74, 6) is 0.233. The van der Waals surface area contributed by atoms with Crippen molar-refractivity contribution in [1.82, 2.24) is 0 Å². The molecule has 0 saturated carbocycles. The first kappa shape index (κ1) is 31.8. The van der Waals surface area contributed by atoms with E-state index < -0.39 is 10.0 Å². The van der Waals surface area contributed by atoms with E-state index in [0.717, 1.165) is 43.3 Å². The number of hydrogen-bond donors (Lipinski definition) is 0. The molecule has 0 spiro atoms. The van der Waals surface area contributed by atoms with Gasteiger partial charge in [0.25, 0.3) is 0 Å². The lowest BCUT2D eigenvalue weighted by molar-refractivity contribution is -0.888. The zero-order valence-electron chi connectivity index (χ0n) is 20.0. The molecule has 0 N–H and O–H groups in total. The van der Waals surface area contributed by atoms with Crippen LogP contribution in [0.3, 0.4) is 0 Å². The molecule has 0 amide bonds. The van der Waals surface area contributed by atoms with Crippen molar-refractivity contribution in [2.24, 2.45) is 0 Å². The van der Waals surface area contributed by atoms with Crippen LogP contribution in [0.1, 0.15) is 110 Å². The standard InChI is InChI=1S/C23H50N2O2S.HI/c1-5-7-8-9-10-11-12-13-14-15-16-17-18-19-23-28(26,27)24-21-20-22-25(3,4)6-2;/h5-23H2,1-4H3;1H. The number of quaternary nitrogens is 1. The van der Waals surface area contributed by atoms with Crippen LogP contribution >= 0.6 is 24.0 Å². The van der Waals surface area contributed by atoms with Crippen LogP contribution < -0.4 is 0 Å². The fourth-order valence-electron chi connectivity index (χ4n) is 3.40. The topological polar surface area (TPSA) is 48.2 Å². The van der Waals surface area contributed by atoms with E-state index >= 15 is 0 Å². The third-order valence-electron chi connectivity index (χ3n) is 5.82. The largest absolute Gasteiger partial charge is 0.549 e. The molecule has 6 heteroatoms. The van der Waals surface area contributed by atoms with E-state index in [2.05, 4.69) is 32.7 Å². The molecule has 0 aliphatic carbocycles. The SMILES string of the molecule is CCCCCCCCCCCCCCCCS(=O)(=O)[N-]CCC[N+](C)(C)CC.I. The molecule has 0 heterocycles. The fraction of sp³-hybridized carbons (Fsp3) is 1.00. The summed E-state index contributed by atoms with van der Waals surface area (Å²) in [6.07, 6.45) is 18.8. The second-order valence-electron chi connectivity index (χ2n) is 9.06. The van der Waals surface area contributed by atoms with Crippen molar-refractivity contribution in [3.8, 4) is 0 Å². The summed E-state index contributed by atoms with van der Waals surface area (Å²) in [6, 6.07) is 0. The van der Waals surface area contributed by atoms with E-state index in [1.54, 1.807) is 0 Å². The maximum Gasteiger partial charge on any atom is 0.0765 e. The van der Waals surface area contributed by atoms with Crippen LogP contribution in [0, 0.1) is 0 Å². The zero-order chi connectivity index (χ0) is 21.1. The Labute approximate surface area is 200 Å². The summed E-state index contributed by atoms with van der Waals surface area (Å²) in [7, 11) is 1.14. The third-order valence-corrected chi connectivity index (χ3v) is 7.20. The van der Waals surface area contributed by atoms with Gasteiger partial charge in [0, 0.05) is 5.75 Å². The second-order valence-corrected chi connectivity index (χ2v) is 10.9. The van der Waals surface area contributed by atoms with Crippen molar-refractivity contribution >= 4 is 34.0 Å². The summed E-state index contributed by atoms with van der Waals surface area (Å²) in [6.45, 7) is 6.91. The van der Waals surface area contributed by atoms with Gasteiger partial charge in [-0.2, -0.15) is 0 Å². The van der Waals surface area contributed by atoms with E-state index in [0.29, 0.717) is 6.54 Å². The van der Waals surface area contributed by atoms with Crippen molar-refractivity contribution in [1.29, 1.82) is 0 Å². The van der Waals surface area contributed by atoms with Gasteiger partial charge in [0.1, 0.15) is 0 Å². The predicted molar refractivity (Wildman–Crippen MR) is 140 cm³/mol. The maximum atomic E-state index is 12.0. The van der Waals surface area contributed by atoms with Crippen LogP contribution in [0.5, 0.6) is 0 Å². The molecule has 0 aromatic rings. The normalized spacial score (nSPS) is 12.1. The molecule has 0 aromatic carbocycles. The predicted octanol–water partition coefficient (Wildman–Crippen LogP) is 7.28. The Kier molecular flexibility index (Phi) is 22.5. The Balaban J connectivity index is 0. The minimum Gasteiger partial charge on any atom is -0.549 e. The molecule has 0 aromatic heterocycles. The minimum atomic E-state index is -3.20. The molecule has 0 aliphatic rings. The number of halogens is 1. The second kappa shape index (κ2) is 20.5. The molecule has 0 saturated heterocycles. The molecule has 178 valence electrons. The number of rotatable bonds is 21.